The molecule has 64 valence electrons. The van der Waals surface area contributed by atoms with E-state index < -0.39 is 0 Å². The Labute approximate surface area is 66.7 Å². The Morgan fingerprint density at radius 2 is 2.45 bits per heavy atom. The quantitative estimate of drug-likeness (QED) is 0.555. The highest BCUT2D eigenvalue weighted by Crippen LogP contribution is 2.18. The first-order valence-electron chi connectivity index (χ1n) is 3.86. The molecule has 1 fully saturated rings. The van der Waals surface area contributed by atoms with Crippen molar-refractivity contribution < 1.29 is 14.3 Å². The predicted octanol–water partition coefficient (Wildman–Crippen LogP) is 0.769. The molecule has 2 atom stereocenters. The second-order valence-electron chi connectivity index (χ2n) is 2.95. The summed E-state index contributed by atoms with van der Waals surface area (Å²) >= 11 is 0. The van der Waals surface area contributed by atoms with E-state index in [9.17, 15) is 4.79 Å². The number of carbonyl (C=O) groups excluding carboxylic acids is 1. The van der Waals surface area contributed by atoms with E-state index in [4.69, 9.17) is 9.47 Å². The van der Waals surface area contributed by atoms with Crippen molar-refractivity contribution in [2.45, 2.75) is 32.0 Å². The molecule has 1 heterocycles. The molecule has 0 saturated carbocycles. The van der Waals surface area contributed by atoms with E-state index in [-0.39, 0.29) is 11.9 Å². The van der Waals surface area contributed by atoms with Crippen molar-refractivity contribution in [3.63, 3.8) is 0 Å². The first-order valence-corrected chi connectivity index (χ1v) is 3.86. The minimum Gasteiger partial charge on any atom is -0.381 e. The molecule has 0 aliphatic carbocycles. The van der Waals surface area contributed by atoms with Crippen LogP contribution in [0.25, 0.3) is 0 Å². The molecule has 0 aromatic rings. The van der Waals surface area contributed by atoms with Gasteiger partial charge in [0, 0.05) is 20.0 Å². The number of carbonyl (C=O) groups is 1. The fourth-order valence-electron chi connectivity index (χ4n) is 1.08. The van der Waals surface area contributed by atoms with Gasteiger partial charge in [-0.25, -0.2) is 0 Å². The second-order valence-corrected chi connectivity index (χ2v) is 2.95. The van der Waals surface area contributed by atoms with Crippen molar-refractivity contribution in [1.29, 1.82) is 0 Å². The third-order valence-electron chi connectivity index (χ3n) is 1.78. The van der Waals surface area contributed by atoms with Crippen LogP contribution in [0.2, 0.25) is 0 Å². The maximum absolute atomic E-state index is 10.7. The molecule has 0 aromatic carbocycles. The molecular weight excluding hydrogens is 144 g/mol. The van der Waals surface area contributed by atoms with Gasteiger partial charge in [0.2, 0.25) is 0 Å². The fraction of sp³-hybridized carbons (Fsp3) is 0.875. The zero-order valence-electron chi connectivity index (χ0n) is 7.00. The normalized spacial score (nSPS) is 24.7. The van der Waals surface area contributed by atoms with Crippen molar-refractivity contribution in [2.75, 3.05) is 13.7 Å². The Hall–Kier alpha value is -0.410. The smallest absolute Gasteiger partial charge is 0.132 e. The molecule has 3 nitrogen and oxygen atoms in total. The van der Waals surface area contributed by atoms with E-state index >= 15 is 0 Å². The third kappa shape index (κ3) is 3.49. The molecule has 0 aromatic heterocycles. The van der Waals surface area contributed by atoms with Crippen LogP contribution in [-0.2, 0) is 14.3 Å². The van der Waals surface area contributed by atoms with Gasteiger partial charge in [0.25, 0.3) is 0 Å². The van der Waals surface area contributed by atoms with E-state index in [0.717, 1.165) is 13.0 Å². The number of ketones is 1. The summed E-state index contributed by atoms with van der Waals surface area (Å²) in [6, 6.07) is 0. The molecule has 0 spiro atoms. The summed E-state index contributed by atoms with van der Waals surface area (Å²) in [5.41, 5.74) is 0. The van der Waals surface area contributed by atoms with Crippen LogP contribution in [0.5, 0.6) is 0 Å². The zero-order chi connectivity index (χ0) is 8.27. The van der Waals surface area contributed by atoms with Crippen LogP contribution in [0.4, 0.5) is 0 Å². The molecule has 2 unspecified atom stereocenters. The van der Waals surface area contributed by atoms with Crippen molar-refractivity contribution >= 4 is 5.78 Å². The first-order chi connectivity index (χ1) is 5.22. The number of Topliss-reactive ketones (excluding diaryl/α,β-unsaturated/α-hetero) is 1. The number of rotatable bonds is 5. The van der Waals surface area contributed by atoms with Gasteiger partial charge in [-0.1, -0.05) is 0 Å². The van der Waals surface area contributed by atoms with Crippen LogP contribution >= 0.6 is 0 Å². The van der Waals surface area contributed by atoms with Gasteiger partial charge >= 0.3 is 0 Å². The molecule has 11 heavy (non-hydrogen) atoms. The molecule has 0 amide bonds. The minimum absolute atomic E-state index is 0.0556. The molecule has 0 bridgehead atoms. The summed E-state index contributed by atoms with van der Waals surface area (Å²) in [6.45, 7) is 2.41. The van der Waals surface area contributed by atoms with Gasteiger partial charge < -0.3 is 9.47 Å². The average Bonchev–Trinajstić information content (AvgIpc) is 2.69. The van der Waals surface area contributed by atoms with Gasteiger partial charge in [-0.3, -0.25) is 4.79 Å². The van der Waals surface area contributed by atoms with Gasteiger partial charge in [-0.15, -0.1) is 0 Å². The number of epoxide rings is 1. The Bertz CT molecular complexity index is 140. The standard InChI is InChI=1S/C8H14O3/c1-6(9)3-7(10-2)4-8-5-11-8/h7-8H,3-5H2,1-2H3. The number of ether oxygens (including phenoxy) is 2. The SMILES string of the molecule is COC(CC(C)=O)CC1CO1. The number of hydrogen-bond donors (Lipinski definition) is 0. The second kappa shape index (κ2) is 3.83. The molecule has 1 saturated heterocycles. The predicted molar refractivity (Wildman–Crippen MR) is 40.5 cm³/mol. The summed E-state index contributed by atoms with van der Waals surface area (Å²) in [4.78, 5) is 10.7. The summed E-state index contributed by atoms with van der Waals surface area (Å²) in [6.07, 6.45) is 1.77. The summed E-state index contributed by atoms with van der Waals surface area (Å²) in [5, 5.41) is 0. The lowest BCUT2D eigenvalue weighted by Crippen LogP contribution is -2.16. The number of methoxy groups -OCH3 is 1. The topological polar surface area (TPSA) is 38.8 Å². The zero-order valence-corrected chi connectivity index (χ0v) is 7.00. The fourth-order valence-corrected chi connectivity index (χ4v) is 1.08. The van der Waals surface area contributed by atoms with Gasteiger partial charge in [0.05, 0.1) is 18.8 Å². The monoisotopic (exact) mass is 158 g/mol. The highest BCUT2D eigenvalue weighted by molar-refractivity contribution is 5.75. The molecule has 1 aliphatic heterocycles. The van der Waals surface area contributed by atoms with Gasteiger partial charge in [0.1, 0.15) is 5.78 Å². The van der Waals surface area contributed by atoms with Crippen LogP contribution in [-0.4, -0.2) is 31.7 Å². The molecule has 1 rings (SSSR count). The van der Waals surface area contributed by atoms with Crippen LogP contribution in [0.3, 0.4) is 0 Å². The van der Waals surface area contributed by atoms with Crippen LogP contribution in [0.1, 0.15) is 19.8 Å². The minimum atomic E-state index is 0.0556. The van der Waals surface area contributed by atoms with Crippen molar-refractivity contribution in [3.8, 4) is 0 Å². The third-order valence-corrected chi connectivity index (χ3v) is 1.78. The lowest BCUT2D eigenvalue weighted by atomic mass is 10.1. The van der Waals surface area contributed by atoms with Crippen molar-refractivity contribution in [3.05, 3.63) is 0 Å². The maximum Gasteiger partial charge on any atom is 0.132 e. The Morgan fingerprint density at radius 3 is 2.82 bits per heavy atom. The molecule has 3 heteroatoms. The summed E-state index contributed by atoms with van der Waals surface area (Å²) in [5.74, 6) is 0.178. The Balaban J connectivity index is 2.17. The molecule has 1 aliphatic rings. The van der Waals surface area contributed by atoms with Crippen molar-refractivity contribution in [2.24, 2.45) is 0 Å². The highest BCUT2D eigenvalue weighted by Gasteiger charge is 2.26. The van der Waals surface area contributed by atoms with Crippen LogP contribution < -0.4 is 0 Å². The Morgan fingerprint density at radius 1 is 1.82 bits per heavy atom. The van der Waals surface area contributed by atoms with E-state index in [1.165, 1.54) is 0 Å². The largest absolute Gasteiger partial charge is 0.381 e. The first kappa shape index (κ1) is 8.68. The lowest BCUT2D eigenvalue weighted by molar-refractivity contribution is -0.119. The summed E-state index contributed by atoms with van der Waals surface area (Å²) in [7, 11) is 1.63. The van der Waals surface area contributed by atoms with Gasteiger partial charge in [-0.2, -0.15) is 0 Å². The van der Waals surface area contributed by atoms with Gasteiger partial charge in [0.15, 0.2) is 0 Å². The van der Waals surface area contributed by atoms with E-state index in [1.807, 2.05) is 0 Å². The van der Waals surface area contributed by atoms with E-state index in [0.29, 0.717) is 12.5 Å². The lowest BCUT2D eigenvalue weighted by Gasteiger charge is -2.10. The van der Waals surface area contributed by atoms with E-state index in [1.54, 1.807) is 14.0 Å². The Kier molecular flexibility index (Phi) is 3.02. The molecular formula is C8H14O3. The molecule has 0 radical (unpaired) electrons. The van der Waals surface area contributed by atoms with Crippen LogP contribution in [0.15, 0.2) is 0 Å². The molecule has 0 N–H and O–H groups in total. The summed E-state index contributed by atoms with van der Waals surface area (Å²) < 4.78 is 10.1. The van der Waals surface area contributed by atoms with Crippen molar-refractivity contribution in [1.82, 2.24) is 0 Å². The van der Waals surface area contributed by atoms with E-state index in [2.05, 4.69) is 0 Å². The number of hydrogen-bond acceptors (Lipinski definition) is 3. The maximum atomic E-state index is 10.7. The highest BCUT2D eigenvalue weighted by atomic mass is 16.6. The van der Waals surface area contributed by atoms with Gasteiger partial charge in [-0.05, 0) is 6.92 Å². The average molecular weight is 158 g/mol. The van der Waals surface area contributed by atoms with Crippen LogP contribution in [0, 0.1) is 0 Å².